The first-order valence-corrected chi connectivity index (χ1v) is 3.36. The number of hydrogen-bond donors (Lipinski definition) is 1. The topological polar surface area (TPSA) is 16.6 Å². The molecule has 0 amide bonds. The number of halogens is 3. The summed E-state index contributed by atoms with van der Waals surface area (Å²) >= 11 is 10.9. The fraction of sp³-hybridized carbons (Fsp3) is 0.333. The Balaban J connectivity index is 0. The lowest BCUT2D eigenvalue weighted by atomic mass is 10.5. The highest BCUT2D eigenvalue weighted by Crippen LogP contribution is 1.90. The summed E-state index contributed by atoms with van der Waals surface area (Å²) in [6.45, 7) is 8.43. The van der Waals surface area contributed by atoms with E-state index >= 15 is 0 Å². The van der Waals surface area contributed by atoms with E-state index in [1.54, 1.807) is 0 Å². The van der Waals surface area contributed by atoms with E-state index in [1.165, 1.54) is 0 Å². The number of rotatable bonds is 4. The Bertz CT molecular complexity index is 108. The van der Waals surface area contributed by atoms with Gasteiger partial charge in [-0.25, -0.2) is 0 Å². The van der Waals surface area contributed by atoms with Gasteiger partial charge in [0, 0.05) is 0 Å². The van der Waals surface area contributed by atoms with Crippen LogP contribution in [-0.2, 0) is 0 Å². The van der Waals surface area contributed by atoms with E-state index in [0.717, 1.165) is 0 Å². The van der Waals surface area contributed by atoms with Crippen LogP contribution in [0.5, 0.6) is 0 Å². The molecule has 0 bridgehead atoms. The maximum atomic E-state index is 5.46. The Morgan fingerprint density at radius 3 is 1.60 bits per heavy atom. The molecule has 60 valence electrons. The first kappa shape index (κ1) is 12.9. The van der Waals surface area contributed by atoms with E-state index in [-0.39, 0.29) is 12.4 Å². The van der Waals surface area contributed by atoms with Crippen LogP contribution in [0.3, 0.4) is 0 Å². The van der Waals surface area contributed by atoms with Crippen molar-refractivity contribution in [3.8, 4) is 0 Å². The molecule has 0 unspecified atom stereocenters. The molecule has 0 saturated heterocycles. The molecule has 0 aliphatic carbocycles. The van der Waals surface area contributed by atoms with Gasteiger partial charge in [0.15, 0.2) is 0 Å². The van der Waals surface area contributed by atoms with Gasteiger partial charge in [0.1, 0.15) is 13.1 Å². The largest absolute Gasteiger partial charge is 1.00 e. The molecule has 0 aromatic rings. The van der Waals surface area contributed by atoms with Crippen molar-refractivity contribution in [2.75, 3.05) is 13.1 Å². The third-order valence-corrected chi connectivity index (χ3v) is 1.04. The fourth-order valence-corrected chi connectivity index (χ4v) is 0.604. The van der Waals surface area contributed by atoms with Crippen molar-refractivity contribution in [2.24, 2.45) is 0 Å². The molecule has 0 aliphatic rings. The summed E-state index contributed by atoms with van der Waals surface area (Å²) in [5.74, 6) is 0. The highest BCUT2D eigenvalue weighted by molar-refractivity contribution is 6.29. The number of quaternary nitrogens is 1. The zero-order valence-electron chi connectivity index (χ0n) is 5.54. The van der Waals surface area contributed by atoms with E-state index in [9.17, 15) is 0 Å². The molecule has 0 atom stereocenters. The summed E-state index contributed by atoms with van der Waals surface area (Å²) in [6, 6.07) is 0. The Kier molecular flexibility index (Phi) is 9.60. The molecule has 0 saturated carbocycles. The second-order valence-corrected chi connectivity index (χ2v) is 2.80. The maximum absolute atomic E-state index is 5.46. The fourth-order valence-electron chi connectivity index (χ4n) is 0.385. The molecule has 0 heterocycles. The minimum Gasteiger partial charge on any atom is -1.00 e. The smallest absolute Gasteiger partial charge is 0.112 e. The number of hydrogen-bond acceptors (Lipinski definition) is 0. The standard InChI is InChI=1S/C6H9Cl2N.ClH/c1-5(7)3-9-4-6(2)8;/h9H,1-4H2;1H. The lowest BCUT2D eigenvalue weighted by Gasteiger charge is -1.95. The van der Waals surface area contributed by atoms with Gasteiger partial charge in [-0.1, -0.05) is 36.4 Å². The molecule has 0 fully saturated rings. The molecule has 0 rings (SSSR count). The average molecular weight is 203 g/mol. The van der Waals surface area contributed by atoms with Gasteiger partial charge in [-0.15, -0.1) is 0 Å². The summed E-state index contributed by atoms with van der Waals surface area (Å²) in [4.78, 5) is 0. The lowest BCUT2D eigenvalue weighted by Crippen LogP contribution is -3.00. The summed E-state index contributed by atoms with van der Waals surface area (Å²) in [7, 11) is 0. The molecular formula is C6H10Cl3N. The van der Waals surface area contributed by atoms with Crippen molar-refractivity contribution in [1.82, 2.24) is 0 Å². The molecule has 0 aromatic heterocycles. The van der Waals surface area contributed by atoms with Crippen molar-refractivity contribution in [1.29, 1.82) is 0 Å². The summed E-state index contributed by atoms with van der Waals surface area (Å²) in [5.41, 5.74) is 0. The van der Waals surface area contributed by atoms with Crippen LogP contribution in [0.25, 0.3) is 0 Å². The van der Waals surface area contributed by atoms with Crippen LogP contribution < -0.4 is 17.7 Å². The molecule has 2 N–H and O–H groups in total. The first-order valence-electron chi connectivity index (χ1n) is 2.61. The van der Waals surface area contributed by atoms with Crippen LogP contribution in [0.4, 0.5) is 0 Å². The third kappa shape index (κ3) is 11.2. The highest BCUT2D eigenvalue weighted by Gasteiger charge is 1.92. The summed E-state index contributed by atoms with van der Waals surface area (Å²) in [5, 5.41) is 3.20. The van der Waals surface area contributed by atoms with Crippen LogP contribution >= 0.6 is 23.2 Å². The lowest BCUT2D eigenvalue weighted by molar-refractivity contribution is -0.638. The average Bonchev–Trinajstić information content (AvgIpc) is 1.63. The molecular weight excluding hydrogens is 192 g/mol. The highest BCUT2D eigenvalue weighted by atomic mass is 35.5. The first-order chi connectivity index (χ1) is 4.13. The SMILES string of the molecule is C=C(Cl)C[NH2+]CC(=C)Cl.[Cl-]. The van der Waals surface area contributed by atoms with Crippen LogP contribution in [0.1, 0.15) is 0 Å². The van der Waals surface area contributed by atoms with E-state index in [1.807, 2.05) is 5.32 Å². The molecule has 4 heteroatoms. The second-order valence-electron chi connectivity index (χ2n) is 1.73. The van der Waals surface area contributed by atoms with Crippen LogP contribution in [0.15, 0.2) is 23.2 Å². The van der Waals surface area contributed by atoms with E-state index in [0.29, 0.717) is 23.2 Å². The molecule has 0 spiro atoms. The number of nitrogens with two attached hydrogens (primary N) is 1. The summed E-state index contributed by atoms with van der Waals surface area (Å²) in [6.07, 6.45) is 0. The van der Waals surface area contributed by atoms with Crippen molar-refractivity contribution in [3.05, 3.63) is 23.2 Å². The minimum atomic E-state index is 0. The van der Waals surface area contributed by atoms with Crippen molar-refractivity contribution >= 4 is 23.2 Å². The molecule has 1 nitrogen and oxygen atoms in total. The molecule has 0 aliphatic heterocycles. The van der Waals surface area contributed by atoms with Crippen molar-refractivity contribution in [2.45, 2.75) is 0 Å². The Morgan fingerprint density at radius 2 is 1.40 bits per heavy atom. The monoisotopic (exact) mass is 201 g/mol. The summed E-state index contributed by atoms with van der Waals surface area (Å²) < 4.78 is 0. The van der Waals surface area contributed by atoms with Crippen molar-refractivity contribution in [3.63, 3.8) is 0 Å². The molecule has 10 heavy (non-hydrogen) atoms. The van der Waals surface area contributed by atoms with Gasteiger partial charge >= 0.3 is 0 Å². The van der Waals surface area contributed by atoms with Gasteiger partial charge in [0.25, 0.3) is 0 Å². The Morgan fingerprint density at radius 1 is 1.10 bits per heavy atom. The molecule has 0 aromatic carbocycles. The van der Waals surface area contributed by atoms with E-state index in [2.05, 4.69) is 13.2 Å². The van der Waals surface area contributed by atoms with Crippen LogP contribution in [0.2, 0.25) is 0 Å². The van der Waals surface area contributed by atoms with Gasteiger partial charge in [-0.05, 0) is 0 Å². The predicted molar refractivity (Wildman–Crippen MR) is 41.6 cm³/mol. The van der Waals surface area contributed by atoms with Gasteiger partial charge < -0.3 is 17.7 Å². The quantitative estimate of drug-likeness (QED) is 0.546. The van der Waals surface area contributed by atoms with Gasteiger partial charge in [-0.3, -0.25) is 0 Å². The van der Waals surface area contributed by atoms with Crippen LogP contribution in [-0.4, -0.2) is 13.1 Å². The zero-order chi connectivity index (χ0) is 7.28. The minimum absolute atomic E-state index is 0. The molecule has 0 radical (unpaired) electrons. The normalized spacial score (nSPS) is 8.20. The Hall–Kier alpha value is 0.310. The third-order valence-electron chi connectivity index (χ3n) is 0.732. The van der Waals surface area contributed by atoms with E-state index < -0.39 is 0 Å². The van der Waals surface area contributed by atoms with Gasteiger partial charge in [0.2, 0.25) is 0 Å². The maximum Gasteiger partial charge on any atom is 0.112 e. The van der Waals surface area contributed by atoms with Crippen LogP contribution in [0, 0.1) is 0 Å². The predicted octanol–water partition coefficient (Wildman–Crippen LogP) is -1.94. The van der Waals surface area contributed by atoms with E-state index in [4.69, 9.17) is 23.2 Å². The van der Waals surface area contributed by atoms with Gasteiger partial charge in [-0.2, -0.15) is 0 Å². The Labute approximate surface area is 77.5 Å². The zero-order valence-corrected chi connectivity index (χ0v) is 7.81. The van der Waals surface area contributed by atoms with Gasteiger partial charge in [0.05, 0.1) is 10.1 Å². The van der Waals surface area contributed by atoms with Crippen molar-refractivity contribution < 1.29 is 17.7 Å². The second kappa shape index (κ2) is 7.42.